The van der Waals surface area contributed by atoms with Crippen LogP contribution in [0.3, 0.4) is 0 Å². The standard InChI is InChI=1S/C19H17Cl2N3O5/c1-11(6-18(25)22-13-3-5-16-17(8-13)29-10-28-16)23-24-19(26)9-27-15-4-2-12(20)7-14(15)21/h2-5,7-8H,6,9-10H2,1H3,(H,22,25)(H,24,26)/b23-11+. The minimum absolute atomic E-state index is 0.00140. The van der Waals surface area contributed by atoms with Crippen molar-refractivity contribution in [2.24, 2.45) is 5.10 Å². The Labute approximate surface area is 176 Å². The van der Waals surface area contributed by atoms with Gasteiger partial charge in [0.25, 0.3) is 5.91 Å². The lowest BCUT2D eigenvalue weighted by Gasteiger charge is -2.08. The number of ether oxygens (including phenoxy) is 3. The summed E-state index contributed by atoms with van der Waals surface area (Å²) in [4.78, 5) is 24.0. The van der Waals surface area contributed by atoms with E-state index in [2.05, 4.69) is 15.8 Å². The molecule has 2 N–H and O–H groups in total. The zero-order valence-electron chi connectivity index (χ0n) is 15.3. The van der Waals surface area contributed by atoms with Crippen LogP contribution in [0.1, 0.15) is 13.3 Å². The van der Waals surface area contributed by atoms with E-state index in [1.807, 2.05) is 0 Å². The summed E-state index contributed by atoms with van der Waals surface area (Å²) in [7, 11) is 0. The molecule has 152 valence electrons. The summed E-state index contributed by atoms with van der Waals surface area (Å²) in [6.45, 7) is 1.49. The number of rotatable bonds is 7. The molecule has 1 heterocycles. The Kier molecular flexibility index (Phi) is 6.79. The van der Waals surface area contributed by atoms with E-state index in [4.69, 9.17) is 37.4 Å². The fourth-order valence-electron chi connectivity index (χ4n) is 2.38. The van der Waals surface area contributed by atoms with Crippen molar-refractivity contribution in [2.75, 3.05) is 18.7 Å². The largest absolute Gasteiger partial charge is 0.482 e. The van der Waals surface area contributed by atoms with E-state index in [9.17, 15) is 9.59 Å². The molecular formula is C19H17Cl2N3O5. The van der Waals surface area contributed by atoms with Crippen LogP contribution in [-0.4, -0.2) is 30.9 Å². The van der Waals surface area contributed by atoms with Gasteiger partial charge in [0.1, 0.15) is 5.75 Å². The second-order valence-electron chi connectivity index (χ2n) is 6.04. The van der Waals surface area contributed by atoms with Gasteiger partial charge in [0.15, 0.2) is 18.1 Å². The highest BCUT2D eigenvalue weighted by Gasteiger charge is 2.14. The predicted molar refractivity (Wildman–Crippen MR) is 109 cm³/mol. The van der Waals surface area contributed by atoms with E-state index in [1.54, 1.807) is 37.3 Å². The average molecular weight is 438 g/mol. The molecule has 0 radical (unpaired) electrons. The zero-order valence-corrected chi connectivity index (χ0v) is 16.8. The highest BCUT2D eigenvalue weighted by atomic mass is 35.5. The van der Waals surface area contributed by atoms with Crippen LogP contribution < -0.4 is 25.0 Å². The van der Waals surface area contributed by atoms with Crippen LogP contribution in [0.4, 0.5) is 5.69 Å². The van der Waals surface area contributed by atoms with Gasteiger partial charge in [-0.3, -0.25) is 9.59 Å². The first-order valence-electron chi connectivity index (χ1n) is 8.50. The van der Waals surface area contributed by atoms with Gasteiger partial charge < -0.3 is 19.5 Å². The van der Waals surface area contributed by atoms with Gasteiger partial charge in [0.05, 0.1) is 11.4 Å². The number of hydrogen-bond donors (Lipinski definition) is 2. The third-order valence-electron chi connectivity index (χ3n) is 3.70. The van der Waals surface area contributed by atoms with Gasteiger partial charge in [-0.05, 0) is 37.3 Å². The molecule has 3 rings (SSSR count). The van der Waals surface area contributed by atoms with Gasteiger partial charge in [-0.25, -0.2) is 5.43 Å². The van der Waals surface area contributed by atoms with Crippen LogP contribution in [0.2, 0.25) is 10.0 Å². The van der Waals surface area contributed by atoms with Crippen LogP contribution in [0.15, 0.2) is 41.5 Å². The maximum atomic E-state index is 12.1. The molecule has 0 fully saturated rings. The number of nitrogens with zero attached hydrogens (tertiary/aromatic N) is 1. The molecule has 0 aliphatic carbocycles. The summed E-state index contributed by atoms with van der Waals surface area (Å²) in [5.41, 5.74) is 3.32. The van der Waals surface area contributed by atoms with E-state index < -0.39 is 5.91 Å². The average Bonchev–Trinajstić information content (AvgIpc) is 3.13. The molecule has 0 saturated heterocycles. The molecule has 29 heavy (non-hydrogen) atoms. The molecule has 1 aliphatic heterocycles. The Morgan fingerprint density at radius 1 is 1.10 bits per heavy atom. The van der Waals surface area contributed by atoms with Crippen LogP contribution >= 0.6 is 23.2 Å². The third-order valence-corrected chi connectivity index (χ3v) is 4.23. The number of nitrogens with one attached hydrogen (secondary N) is 2. The number of hydrazone groups is 1. The summed E-state index contributed by atoms with van der Waals surface area (Å²) in [5, 5.41) is 7.38. The number of benzene rings is 2. The van der Waals surface area contributed by atoms with Crippen LogP contribution in [0.5, 0.6) is 17.2 Å². The molecule has 0 saturated carbocycles. The lowest BCUT2D eigenvalue weighted by atomic mass is 10.2. The Morgan fingerprint density at radius 3 is 2.69 bits per heavy atom. The number of hydrogen-bond acceptors (Lipinski definition) is 6. The van der Waals surface area contributed by atoms with Crippen molar-refractivity contribution >= 4 is 46.4 Å². The van der Waals surface area contributed by atoms with Crippen molar-refractivity contribution in [2.45, 2.75) is 13.3 Å². The van der Waals surface area contributed by atoms with Crippen molar-refractivity contribution in [1.82, 2.24) is 5.43 Å². The highest BCUT2D eigenvalue weighted by Crippen LogP contribution is 2.34. The number of carbonyl (C=O) groups is 2. The maximum absolute atomic E-state index is 12.1. The number of halogens is 2. The van der Waals surface area contributed by atoms with E-state index in [0.29, 0.717) is 38.7 Å². The predicted octanol–water partition coefficient (Wildman–Crippen LogP) is 3.62. The monoisotopic (exact) mass is 437 g/mol. The summed E-state index contributed by atoms with van der Waals surface area (Å²) >= 11 is 11.8. The molecular weight excluding hydrogens is 421 g/mol. The molecule has 0 spiro atoms. The van der Waals surface area contributed by atoms with Crippen LogP contribution in [0.25, 0.3) is 0 Å². The van der Waals surface area contributed by atoms with Crippen molar-refractivity contribution in [3.8, 4) is 17.2 Å². The van der Waals surface area contributed by atoms with E-state index in [-0.39, 0.29) is 25.7 Å². The van der Waals surface area contributed by atoms with E-state index in [0.717, 1.165) is 0 Å². The topological polar surface area (TPSA) is 98.3 Å². The van der Waals surface area contributed by atoms with Crippen LogP contribution in [-0.2, 0) is 9.59 Å². The molecule has 0 unspecified atom stereocenters. The Hall–Kier alpha value is -2.97. The van der Waals surface area contributed by atoms with Gasteiger partial charge in [0.2, 0.25) is 12.7 Å². The molecule has 8 nitrogen and oxygen atoms in total. The summed E-state index contributed by atoms with van der Waals surface area (Å²) in [6, 6.07) is 9.77. The van der Waals surface area contributed by atoms with Gasteiger partial charge in [-0.15, -0.1) is 0 Å². The molecule has 2 aromatic carbocycles. The number of carbonyl (C=O) groups excluding carboxylic acids is 2. The Balaban J connectivity index is 1.44. The lowest BCUT2D eigenvalue weighted by molar-refractivity contribution is -0.123. The Bertz CT molecular complexity index is 965. The smallest absolute Gasteiger partial charge is 0.277 e. The fourth-order valence-corrected chi connectivity index (χ4v) is 2.84. The first kappa shape index (κ1) is 20.8. The number of anilines is 1. The molecule has 0 bridgehead atoms. The summed E-state index contributed by atoms with van der Waals surface area (Å²) in [6.07, 6.45) is -0.00140. The second-order valence-corrected chi connectivity index (χ2v) is 6.88. The third kappa shape index (κ3) is 6.00. The number of amides is 2. The number of fused-ring (bicyclic) bond motifs is 1. The van der Waals surface area contributed by atoms with Crippen LogP contribution in [0, 0.1) is 0 Å². The normalized spacial score (nSPS) is 12.4. The SMILES string of the molecule is C/C(CC(=O)Nc1ccc2c(c1)OCO2)=N\NC(=O)COc1ccc(Cl)cc1Cl. The van der Waals surface area contributed by atoms with Gasteiger partial charge in [-0.2, -0.15) is 5.10 Å². The van der Waals surface area contributed by atoms with Crippen molar-refractivity contribution in [1.29, 1.82) is 0 Å². The maximum Gasteiger partial charge on any atom is 0.277 e. The van der Waals surface area contributed by atoms with E-state index >= 15 is 0 Å². The van der Waals surface area contributed by atoms with Crippen molar-refractivity contribution in [3.63, 3.8) is 0 Å². The first-order chi connectivity index (χ1) is 13.9. The van der Waals surface area contributed by atoms with Gasteiger partial charge in [0, 0.05) is 22.5 Å². The minimum atomic E-state index is -0.494. The first-order valence-corrected chi connectivity index (χ1v) is 9.25. The molecule has 2 amide bonds. The fraction of sp³-hybridized carbons (Fsp3) is 0.211. The highest BCUT2D eigenvalue weighted by molar-refractivity contribution is 6.35. The van der Waals surface area contributed by atoms with Crippen molar-refractivity contribution in [3.05, 3.63) is 46.4 Å². The Morgan fingerprint density at radius 2 is 1.90 bits per heavy atom. The second kappa shape index (κ2) is 9.49. The zero-order chi connectivity index (χ0) is 20.8. The summed E-state index contributed by atoms with van der Waals surface area (Å²) in [5.74, 6) is 0.747. The minimum Gasteiger partial charge on any atom is -0.482 e. The molecule has 0 atom stereocenters. The van der Waals surface area contributed by atoms with Gasteiger partial charge >= 0.3 is 0 Å². The van der Waals surface area contributed by atoms with Gasteiger partial charge in [-0.1, -0.05) is 23.2 Å². The molecule has 1 aliphatic rings. The molecule has 0 aromatic heterocycles. The van der Waals surface area contributed by atoms with E-state index in [1.165, 1.54) is 6.07 Å². The summed E-state index contributed by atoms with van der Waals surface area (Å²) < 4.78 is 15.8. The molecule has 10 heteroatoms. The van der Waals surface area contributed by atoms with Crippen molar-refractivity contribution < 1.29 is 23.8 Å². The lowest BCUT2D eigenvalue weighted by Crippen LogP contribution is -2.26. The quantitative estimate of drug-likeness (QED) is 0.508. The molecule has 2 aromatic rings.